The average Bonchev–Trinajstić information content (AvgIpc) is 2.89. The average molecular weight is 531 g/mol. The van der Waals surface area contributed by atoms with Crippen LogP contribution < -0.4 is 0 Å². The molecule has 0 radical (unpaired) electrons. The first-order chi connectivity index (χ1) is 18.1. The molecule has 0 aromatic rings. The lowest BCUT2D eigenvalue weighted by atomic mass is 10.0. The van der Waals surface area contributed by atoms with Crippen LogP contribution in [0, 0.1) is 0 Å². The van der Waals surface area contributed by atoms with Crippen LogP contribution in [0.4, 0.5) is 0 Å². The van der Waals surface area contributed by atoms with E-state index in [0.29, 0.717) is 26.4 Å². The molecule has 0 aliphatic rings. The standard InChI is InChI=1S/C29H54O8/c1-2-3-4-5-6-7-8-9-10-11-12-13-14-15-16-17-20-34-21-22-35-23-24-36-25-26-37-28(31)19-18-27(30)29(32)33/h2-26H2,1H3,(H,32,33). The van der Waals surface area contributed by atoms with Crippen molar-refractivity contribution in [2.24, 2.45) is 0 Å². The number of carbonyl (C=O) groups is 3. The van der Waals surface area contributed by atoms with Gasteiger partial charge in [0.15, 0.2) is 0 Å². The highest BCUT2D eigenvalue weighted by Crippen LogP contribution is 2.13. The van der Waals surface area contributed by atoms with Crippen LogP contribution in [-0.4, -0.2) is 69.1 Å². The van der Waals surface area contributed by atoms with Crippen molar-refractivity contribution in [3.8, 4) is 0 Å². The van der Waals surface area contributed by atoms with Crippen LogP contribution >= 0.6 is 0 Å². The summed E-state index contributed by atoms with van der Waals surface area (Å²) in [6, 6.07) is 0. The summed E-state index contributed by atoms with van der Waals surface area (Å²) >= 11 is 0. The second-order valence-corrected chi connectivity index (χ2v) is 9.59. The molecule has 8 heteroatoms. The number of carboxylic acid groups (broad SMARTS) is 1. The Labute approximate surface area is 225 Å². The van der Waals surface area contributed by atoms with E-state index in [1.54, 1.807) is 0 Å². The molecule has 0 aliphatic heterocycles. The minimum absolute atomic E-state index is 0.0581. The molecular formula is C29H54O8. The van der Waals surface area contributed by atoms with Crippen LogP contribution in [0.25, 0.3) is 0 Å². The molecule has 0 bridgehead atoms. The van der Waals surface area contributed by atoms with Gasteiger partial charge in [-0.1, -0.05) is 103 Å². The third kappa shape index (κ3) is 28.9. The molecular weight excluding hydrogens is 476 g/mol. The first-order valence-electron chi connectivity index (χ1n) is 14.7. The molecule has 0 heterocycles. The van der Waals surface area contributed by atoms with Gasteiger partial charge in [-0.05, 0) is 6.42 Å². The molecule has 0 saturated carbocycles. The predicted molar refractivity (Wildman–Crippen MR) is 145 cm³/mol. The van der Waals surface area contributed by atoms with Crippen molar-refractivity contribution in [1.82, 2.24) is 0 Å². The summed E-state index contributed by atoms with van der Waals surface area (Å²) in [5, 5.41) is 8.43. The van der Waals surface area contributed by atoms with E-state index in [2.05, 4.69) is 6.92 Å². The van der Waals surface area contributed by atoms with Gasteiger partial charge in [0.05, 0.1) is 39.5 Å². The van der Waals surface area contributed by atoms with Crippen LogP contribution in [0.15, 0.2) is 0 Å². The summed E-state index contributed by atoms with van der Waals surface area (Å²) in [6.45, 7) is 5.25. The second-order valence-electron chi connectivity index (χ2n) is 9.59. The number of esters is 1. The Bertz CT molecular complexity index is 538. The lowest BCUT2D eigenvalue weighted by Gasteiger charge is -2.07. The molecule has 0 spiro atoms. The maximum absolute atomic E-state index is 11.3. The Morgan fingerprint density at radius 2 is 0.865 bits per heavy atom. The van der Waals surface area contributed by atoms with Gasteiger partial charge < -0.3 is 24.1 Å². The number of hydrogen-bond acceptors (Lipinski definition) is 7. The highest BCUT2D eigenvalue weighted by Gasteiger charge is 2.14. The van der Waals surface area contributed by atoms with Crippen LogP contribution in [0.1, 0.15) is 122 Å². The van der Waals surface area contributed by atoms with Gasteiger partial charge in [-0.15, -0.1) is 0 Å². The Hall–Kier alpha value is -1.51. The van der Waals surface area contributed by atoms with Gasteiger partial charge in [0.1, 0.15) is 6.61 Å². The van der Waals surface area contributed by atoms with Crippen molar-refractivity contribution < 1.29 is 38.4 Å². The van der Waals surface area contributed by atoms with Crippen molar-refractivity contribution in [1.29, 1.82) is 0 Å². The van der Waals surface area contributed by atoms with E-state index in [9.17, 15) is 14.4 Å². The summed E-state index contributed by atoms with van der Waals surface area (Å²) in [5.41, 5.74) is 0. The molecule has 37 heavy (non-hydrogen) atoms. The van der Waals surface area contributed by atoms with Crippen molar-refractivity contribution in [3.63, 3.8) is 0 Å². The van der Waals surface area contributed by atoms with Crippen molar-refractivity contribution >= 4 is 17.7 Å². The third-order valence-electron chi connectivity index (χ3n) is 6.17. The summed E-state index contributed by atoms with van der Waals surface area (Å²) in [5.74, 6) is -3.16. The zero-order valence-electron chi connectivity index (χ0n) is 23.5. The molecule has 0 amide bonds. The molecule has 0 rings (SSSR count). The summed E-state index contributed by atoms with van der Waals surface area (Å²) in [4.78, 5) is 32.6. The number of unbranched alkanes of at least 4 members (excludes halogenated alkanes) is 15. The van der Waals surface area contributed by atoms with Gasteiger partial charge in [-0.3, -0.25) is 9.59 Å². The van der Waals surface area contributed by atoms with Gasteiger partial charge in [-0.25, -0.2) is 4.79 Å². The zero-order valence-corrected chi connectivity index (χ0v) is 23.5. The Morgan fingerprint density at radius 1 is 0.486 bits per heavy atom. The SMILES string of the molecule is CCCCCCCCCCCCCCCCCCOCCOCCOCCOC(=O)CCC(=O)C(=O)O. The van der Waals surface area contributed by atoms with E-state index in [-0.39, 0.29) is 26.1 Å². The fraction of sp³-hybridized carbons (Fsp3) is 0.897. The molecule has 0 unspecified atom stereocenters. The number of ether oxygens (including phenoxy) is 4. The largest absolute Gasteiger partial charge is 0.476 e. The Morgan fingerprint density at radius 3 is 1.30 bits per heavy atom. The van der Waals surface area contributed by atoms with Gasteiger partial charge >= 0.3 is 11.9 Å². The normalized spacial score (nSPS) is 11.1. The zero-order chi connectivity index (χ0) is 27.2. The van der Waals surface area contributed by atoms with E-state index >= 15 is 0 Å². The summed E-state index contributed by atoms with van der Waals surface area (Å²) in [7, 11) is 0. The highest BCUT2D eigenvalue weighted by atomic mass is 16.6. The number of rotatable bonds is 30. The van der Waals surface area contributed by atoms with Gasteiger partial charge in [0.2, 0.25) is 5.78 Å². The minimum Gasteiger partial charge on any atom is -0.476 e. The lowest BCUT2D eigenvalue weighted by Crippen LogP contribution is -2.17. The third-order valence-corrected chi connectivity index (χ3v) is 6.17. The Balaban J connectivity index is 3.13. The van der Waals surface area contributed by atoms with Crippen LogP contribution in [0.3, 0.4) is 0 Å². The molecule has 8 nitrogen and oxygen atoms in total. The van der Waals surface area contributed by atoms with Gasteiger partial charge in [-0.2, -0.15) is 0 Å². The van der Waals surface area contributed by atoms with Crippen LogP contribution in [0.5, 0.6) is 0 Å². The monoisotopic (exact) mass is 530 g/mol. The number of ketones is 1. The van der Waals surface area contributed by atoms with Crippen molar-refractivity contribution in [2.75, 3.05) is 46.2 Å². The van der Waals surface area contributed by atoms with Crippen molar-refractivity contribution in [3.05, 3.63) is 0 Å². The first kappa shape index (κ1) is 35.5. The maximum atomic E-state index is 11.3. The molecule has 0 aliphatic carbocycles. The molecule has 0 aromatic carbocycles. The van der Waals surface area contributed by atoms with Crippen LogP contribution in [0.2, 0.25) is 0 Å². The molecule has 0 atom stereocenters. The number of hydrogen-bond donors (Lipinski definition) is 1. The van der Waals surface area contributed by atoms with E-state index in [0.717, 1.165) is 13.0 Å². The molecule has 218 valence electrons. The number of carbonyl (C=O) groups excluding carboxylic acids is 2. The lowest BCUT2D eigenvalue weighted by molar-refractivity contribution is -0.151. The quantitative estimate of drug-likeness (QED) is 0.0657. The summed E-state index contributed by atoms with van der Waals surface area (Å²) < 4.78 is 21.2. The van der Waals surface area contributed by atoms with Crippen molar-refractivity contribution in [2.45, 2.75) is 122 Å². The first-order valence-corrected chi connectivity index (χ1v) is 14.7. The minimum atomic E-state index is -1.54. The number of Topliss-reactive ketones (excluding diaryl/α,β-unsaturated/α-hetero) is 1. The summed E-state index contributed by atoms with van der Waals surface area (Å²) in [6.07, 6.45) is 21.2. The fourth-order valence-electron chi connectivity index (χ4n) is 3.90. The second kappa shape index (κ2) is 29.1. The number of carboxylic acids is 1. The molecule has 0 saturated heterocycles. The van der Waals surface area contributed by atoms with Crippen LogP contribution in [-0.2, 0) is 33.3 Å². The van der Waals surface area contributed by atoms with E-state index < -0.39 is 17.7 Å². The number of aliphatic carboxylic acids is 1. The highest BCUT2D eigenvalue weighted by molar-refractivity contribution is 6.32. The predicted octanol–water partition coefficient (Wildman–Crippen LogP) is 6.27. The van der Waals surface area contributed by atoms with E-state index in [1.807, 2.05) is 0 Å². The van der Waals surface area contributed by atoms with Gasteiger partial charge in [0.25, 0.3) is 0 Å². The Kier molecular flexibility index (Phi) is 27.9. The topological polar surface area (TPSA) is 108 Å². The fourth-order valence-corrected chi connectivity index (χ4v) is 3.90. The maximum Gasteiger partial charge on any atom is 0.372 e. The molecule has 0 fully saturated rings. The molecule has 1 N–H and O–H groups in total. The smallest absolute Gasteiger partial charge is 0.372 e. The molecule has 0 aromatic heterocycles. The van der Waals surface area contributed by atoms with E-state index in [1.165, 1.54) is 96.3 Å². The van der Waals surface area contributed by atoms with Gasteiger partial charge in [0, 0.05) is 13.0 Å². The van der Waals surface area contributed by atoms with E-state index in [4.69, 9.17) is 24.1 Å².